The van der Waals surface area contributed by atoms with E-state index in [2.05, 4.69) is 30.4 Å². The second kappa shape index (κ2) is 10.3. The van der Waals surface area contributed by atoms with Crippen LogP contribution in [0.25, 0.3) is 0 Å². The molecule has 4 nitrogen and oxygen atoms in total. The molecule has 2 aromatic rings. The lowest BCUT2D eigenvalue weighted by Gasteiger charge is -2.17. The van der Waals surface area contributed by atoms with Crippen molar-refractivity contribution in [2.45, 2.75) is 20.1 Å². The van der Waals surface area contributed by atoms with Crippen molar-refractivity contribution in [3.63, 3.8) is 0 Å². The summed E-state index contributed by atoms with van der Waals surface area (Å²) in [6.45, 7) is 5.61. The zero-order valence-electron chi connectivity index (χ0n) is 15.2. The Hall–Kier alpha value is -1.75. The Kier molecular flexibility index (Phi) is 8.06. The molecule has 0 unspecified atom stereocenters. The number of ether oxygens (including phenoxy) is 2. The lowest BCUT2D eigenvalue weighted by Crippen LogP contribution is -2.26. The molecule has 0 aliphatic heterocycles. The van der Waals surface area contributed by atoms with Crippen LogP contribution in [0.2, 0.25) is 5.02 Å². The summed E-state index contributed by atoms with van der Waals surface area (Å²) in [6.07, 6.45) is 0. The third-order valence-corrected chi connectivity index (χ3v) is 4.11. The Balaban J connectivity index is 2.10. The molecule has 0 aliphatic rings. The molecule has 5 heteroatoms. The summed E-state index contributed by atoms with van der Waals surface area (Å²) < 4.78 is 11.9. The lowest BCUT2D eigenvalue weighted by atomic mass is 10.1. The van der Waals surface area contributed by atoms with Crippen LogP contribution < -0.4 is 14.8 Å². The highest BCUT2D eigenvalue weighted by Gasteiger charge is 2.12. The molecule has 0 atom stereocenters. The Labute approximate surface area is 155 Å². The fourth-order valence-corrected chi connectivity index (χ4v) is 2.61. The zero-order chi connectivity index (χ0) is 18.1. The highest BCUT2D eigenvalue weighted by atomic mass is 35.5. The van der Waals surface area contributed by atoms with Crippen LogP contribution in [-0.2, 0) is 13.2 Å². The molecule has 0 spiro atoms. The van der Waals surface area contributed by atoms with E-state index in [0.29, 0.717) is 18.2 Å². The fourth-order valence-electron chi connectivity index (χ4n) is 2.42. The number of halogens is 1. The van der Waals surface area contributed by atoms with Gasteiger partial charge in [-0.1, -0.05) is 41.9 Å². The van der Waals surface area contributed by atoms with Crippen molar-refractivity contribution in [1.82, 2.24) is 10.2 Å². The molecule has 0 amide bonds. The van der Waals surface area contributed by atoms with Gasteiger partial charge in [0.1, 0.15) is 6.61 Å². The first kappa shape index (κ1) is 19.6. The third kappa shape index (κ3) is 6.24. The molecule has 2 aromatic carbocycles. The van der Waals surface area contributed by atoms with E-state index in [0.717, 1.165) is 42.3 Å². The van der Waals surface area contributed by atoms with Crippen LogP contribution in [0.15, 0.2) is 42.5 Å². The van der Waals surface area contributed by atoms with Crippen LogP contribution in [0, 0.1) is 0 Å². The van der Waals surface area contributed by atoms with Gasteiger partial charge in [-0.2, -0.15) is 0 Å². The van der Waals surface area contributed by atoms with Crippen LogP contribution in [0.3, 0.4) is 0 Å². The van der Waals surface area contributed by atoms with Crippen LogP contribution in [0.5, 0.6) is 11.5 Å². The molecule has 2 rings (SSSR count). The van der Waals surface area contributed by atoms with Crippen molar-refractivity contribution in [1.29, 1.82) is 0 Å². The predicted molar refractivity (Wildman–Crippen MR) is 104 cm³/mol. The molecular formula is C20H27ClN2O2. The van der Waals surface area contributed by atoms with Crippen molar-refractivity contribution >= 4 is 11.6 Å². The lowest BCUT2D eigenvalue weighted by molar-refractivity contribution is 0.266. The summed E-state index contributed by atoms with van der Waals surface area (Å²) >= 11 is 6.23. The third-order valence-electron chi connectivity index (χ3n) is 3.74. The van der Waals surface area contributed by atoms with Gasteiger partial charge < -0.3 is 19.7 Å². The largest absolute Gasteiger partial charge is 0.490 e. The molecule has 0 bridgehead atoms. The minimum absolute atomic E-state index is 0.411. The van der Waals surface area contributed by atoms with E-state index in [9.17, 15) is 0 Å². The first-order valence-electron chi connectivity index (χ1n) is 8.58. The topological polar surface area (TPSA) is 33.7 Å². The molecular weight excluding hydrogens is 336 g/mol. The number of rotatable bonds is 10. The van der Waals surface area contributed by atoms with Gasteiger partial charge in [-0.15, -0.1) is 0 Å². The minimum Gasteiger partial charge on any atom is -0.490 e. The van der Waals surface area contributed by atoms with E-state index in [1.54, 1.807) is 0 Å². The average Bonchev–Trinajstić information content (AvgIpc) is 2.59. The van der Waals surface area contributed by atoms with Crippen molar-refractivity contribution in [2.75, 3.05) is 33.8 Å². The number of hydrogen-bond donors (Lipinski definition) is 1. The van der Waals surface area contributed by atoms with Gasteiger partial charge in [0.05, 0.1) is 6.61 Å². The maximum atomic E-state index is 6.23. The number of para-hydroxylation sites is 1. The van der Waals surface area contributed by atoms with E-state index >= 15 is 0 Å². The first-order chi connectivity index (χ1) is 12.1. The Morgan fingerprint density at radius 2 is 1.76 bits per heavy atom. The molecule has 25 heavy (non-hydrogen) atoms. The van der Waals surface area contributed by atoms with Gasteiger partial charge in [0.15, 0.2) is 11.5 Å². The van der Waals surface area contributed by atoms with Gasteiger partial charge >= 0.3 is 0 Å². The minimum atomic E-state index is 0.411. The zero-order valence-corrected chi connectivity index (χ0v) is 16.0. The molecule has 0 radical (unpaired) electrons. The van der Waals surface area contributed by atoms with Gasteiger partial charge in [-0.3, -0.25) is 0 Å². The number of likely N-dealkylation sites (N-methyl/N-ethyl adjacent to an activating group) is 1. The van der Waals surface area contributed by atoms with E-state index in [4.69, 9.17) is 21.1 Å². The first-order valence-corrected chi connectivity index (χ1v) is 8.96. The molecule has 0 saturated heterocycles. The number of nitrogens with zero attached hydrogens (tertiary/aromatic N) is 1. The standard InChI is InChI=1S/C20H27ClN2O2/c1-4-24-19-11-7-9-16(14-22-12-13-23(2)3)20(19)25-15-17-8-5-6-10-18(17)21/h5-11,22H,4,12-15H2,1-3H3. The number of benzene rings is 2. The Bertz CT molecular complexity index is 662. The second-order valence-electron chi connectivity index (χ2n) is 6.04. The molecule has 1 N–H and O–H groups in total. The van der Waals surface area contributed by atoms with Gasteiger partial charge in [-0.05, 0) is 33.2 Å². The monoisotopic (exact) mass is 362 g/mol. The fraction of sp³-hybridized carbons (Fsp3) is 0.400. The molecule has 0 aromatic heterocycles. The number of nitrogens with one attached hydrogen (secondary N) is 1. The maximum Gasteiger partial charge on any atom is 0.166 e. The quantitative estimate of drug-likeness (QED) is 0.648. The molecule has 0 heterocycles. The van der Waals surface area contributed by atoms with Gasteiger partial charge in [0.2, 0.25) is 0 Å². The number of hydrogen-bond acceptors (Lipinski definition) is 4. The highest BCUT2D eigenvalue weighted by molar-refractivity contribution is 6.31. The smallest absolute Gasteiger partial charge is 0.166 e. The Morgan fingerprint density at radius 3 is 2.48 bits per heavy atom. The van der Waals surface area contributed by atoms with E-state index < -0.39 is 0 Å². The molecule has 0 saturated carbocycles. The van der Waals surface area contributed by atoms with Gasteiger partial charge in [0, 0.05) is 35.8 Å². The second-order valence-corrected chi connectivity index (χ2v) is 6.44. The van der Waals surface area contributed by atoms with E-state index in [1.165, 1.54) is 0 Å². The van der Waals surface area contributed by atoms with Crippen LogP contribution >= 0.6 is 11.6 Å². The molecule has 136 valence electrons. The predicted octanol–water partition coefficient (Wildman–Crippen LogP) is 3.97. The van der Waals surface area contributed by atoms with Crippen LogP contribution in [-0.4, -0.2) is 38.7 Å². The molecule has 0 fully saturated rings. The highest BCUT2D eigenvalue weighted by Crippen LogP contribution is 2.32. The van der Waals surface area contributed by atoms with Crippen molar-refractivity contribution in [2.24, 2.45) is 0 Å². The molecule has 0 aliphatic carbocycles. The van der Waals surface area contributed by atoms with E-state index in [-0.39, 0.29) is 0 Å². The summed E-state index contributed by atoms with van der Waals surface area (Å²) in [5, 5.41) is 4.16. The van der Waals surface area contributed by atoms with Crippen molar-refractivity contribution in [3.8, 4) is 11.5 Å². The normalized spacial score (nSPS) is 10.9. The van der Waals surface area contributed by atoms with E-state index in [1.807, 2.05) is 43.3 Å². The van der Waals surface area contributed by atoms with Gasteiger partial charge in [0.25, 0.3) is 0 Å². The van der Waals surface area contributed by atoms with Crippen LogP contribution in [0.4, 0.5) is 0 Å². The summed E-state index contributed by atoms with van der Waals surface area (Å²) in [7, 11) is 4.13. The summed E-state index contributed by atoms with van der Waals surface area (Å²) in [5.41, 5.74) is 2.04. The SMILES string of the molecule is CCOc1cccc(CNCCN(C)C)c1OCc1ccccc1Cl. The average molecular weight is 363 g/mol. The van der Waals surface area contributed by atoms with Crippen molar-refractivity contribution < 1.29 is 9.47 Å². The van der Waals surface area contributed by atoms with Gasteiger partial charge in [-0.25, -0.2) is 0 Å². The summed E-state index contributed by atoms with van der Waals surface area (Å²) in [6, 6.07) is 13.7. The van der Waals surface area contributed by atoms with Crippen LogP contribution in [0.1, 0.15) is 18.1 Å². The Morgan fingerprint density at radius 1 is 1.00 bits per heavy atom. The summed E-state index contributed by atoms with van der Waals surface area (Å²) in [4.78, 5) is 2.15. The summed E-state index contributed by atoms with van der Waals surface area (Å²) in [5.74, 6) is 1.54. The maximum absolute atomic E-state index is 6.23. The van der Waals surface area contributed by atoms with Crippen molar-refractivity contribution in [3.05, 3.63) is 58.6 Å².